The normalized spacial score (nSPS) is 23.1. The van der Waals surface area contributed by atoms with Gasteiger partial charge in [-0.2, -0.15) is 0 Å². The fourth-order valence-corrected chi connectivity index (χ4v) is 3.45. The highest BCUT2D eigenvalue weighted by atomic mass is 19.1. The van der Waals surface area contributed by atoms with Crippen LogP contribution in [0.1, 0.15) is 24.8 Å². The number of hydrogen-bond acceptors (Lipinski definition) is 3. The van der Waals surface area contributed by atoms with Crippen molar-refractivity contribution in [2.24, 2.45) is 5.41 Å². The molecule has 3 rings (SSSR count). The number of rotatable bonds is 3. The van der Waals surface area contributed by atoms with Crippen molar-refractivity contribution in [2.75, 3.05) is 20.3 Å². The SMILES string of the molecule is COC(=O)C1(C2(c3ccccc3F)COC2)CCC1. The van der Waals surface area contributed by atoms with Gasteiger partial charge in [-0.25, -0.2) is 4.39 Å². The summed E-state index contributed by atoms with van der Waals surface area (Å²) in [6.45, 7) is 0.784. The highest BCUT2D eigenvalue weighted by molar-refractivity contribution is 5.81. The molecule has 0 radical (unpaired) electrons. The van der Waals surface area contributed by atoms with Crippen molar-refractivity contribution in [3.63, 3.8) is 0 Å². The Morgan fingerprint density at radius 3 is 2.42 bits per heavy atom. The summed E-state index contributed by atoms with van der Waals surface area (Å²) in [4.78, 5) is 12.2. The standard InChI is InChI=1S/C15H17FO3/c1-18-13(17)14(7-4-8-14)15(9-19-10-15)11-5-2-3-6-12(11)16/h2-3,5-6H,4,7-10H2,1H3. The van der Waals surface area contributed by atoms with Gasteiger partial charge in [-0.3, -0.25) is 4.79 Å². The van der Waals surface area contributed by atoms with Crippen molar-refractivity contribution >= 4 is 5.97 Å². The van der Waals surface area contributed by atoms with Gasteiger partial charge in [0.15, 0.2) is 0 Å². The molecule has 4 heteroatoms. The van der Waals surface area contributed by atoms with Gasteiger partial charge in [-0.15, -0.1) is 0 Å². The van der Waals surface area contributed by atoms with Crippen LogP contribution in [0.4, 0.5) is 4.39 Å². The first-order valence-electron chi connectivity index (χ1n) is 6.57. The zero-order valence-electron chi connectivity index (χ0n) is 10.9. The molecule has 0 N–H and O–H groups in total. The molecule has 102 valence electrons. The minimum absolute atomic E-state index is 0.231. The van der Waals surface area contributed by atoms with E-state index in [0.717, 1.165) is 19.3 Å². The molecular formula is C15H17FO3. The molecule has 0 bridgehead atoms. The van der Waals surface area contributed by atoms with Crippen molar-refractivity contribution < 1.29 is 18.7 Å². The third kappa shape index (κ3) is 1.49. The highest BCUT2D eigenvalue weighted by Gasteiger charge is 2.65. The van der Waals surface area contributed by atoms with E-state index in [4.69, 9.17) is 9.47 Å². The van der Waals surface area contributed by atoms with Crippen LogP contribution in [0.3, 0.4) is 0 Å². The molecule has 1 saturated heterocycles. The number of ether oxygens (including phenoxy) is 2. The summed E-state index contributed by atoms with van der Waals surface area (Å²) in [5, 5.41) is 0. The van der Waals surface area contributed by atoms with E-state index in [1.54, 1.807) is 12.1 Å². The summed E-state index contributed by atoms with van der Waals surface area (Å²) in [5.41, 5.74) is -0.572. The number of halogens is 1. The molecule has 1 aromatic carbocycles. The number of carbonyl (C=O) groups excluding carboxylic acids is 1. The highest BCUT2D eigenvalue weighted by Crippen LogP contribution is 2.59. The lowest BCUT2D eigenvalue weighted by atomic mass is 9.49. The van der Waals surface area contributed by atoms with Crippen LogP contribution in [-0.2, 0) is 19.7 Å². The van der Waals surface area contributed by atoms with Crippen LogP contribution in [0.5, 0.6) is 0 Å². The molecule has 0 amide bonds. The lowest BCUT2D eigenvalue weighted by Gasteiger charge is -2.58. The summed E-state index contributed by atoms with van der Waals surface area (Å²) < 4.78 is 24.5. The number of esters is 1. The third-order valence-corrected chi connectivity index (χ3v) is 4.79. The Labute approximate surface area is 111 Å². The molecule has 3 nitrogen and oxygen atoms in total. The monoisotopic (exact) mass is 264 g/mol. The van der Waals surface area contributed by atoms with Gasteiger partial charge in [0.1, 0.15) is 5.82 Å². The fourth-order valence-electron chi connectivity index (χ4n) is 3.45. The van der Waals surface area contributed by atoms with Crippen molar-refractivity contribution in [3.8, 4) is 0 Å². The molecule has 1 aliphatic heterocycles. The van der Waals surface area contributed by atoms with E-state index < -0.39 is 10.8 Å². The molecule has 1 aromatic rings. The largest absolute Gasteiger partial charge is 0.469 e. The van der Waals surface area contributed by atoms with Gasteiger partial charge in [0.05, 0.1) is 31.2 Å². The molecular weight excluding hydrogens is 247 g/mol. The maximum Gasteiger partial charge on any atom is 0.312 e. The Morgan fingerprint density at radius 2 is 2.00 bits per heavy atom. The van der Waals surface area contributed by atoms with Gasteiger partial charge in [-0.05, 0) is 24.5 Å². The van der Waals surface area contributed by atoms with E-state index >= 15 is 0 Å². The van der Waals surface area contributed by atoms with E-state index in [1.807, 2.05) is 6.07 Å². The second kappa shape index (κ2) is 4.30. The van der Waals surface area contributed by atoms with Gasteiger partial charge in [0.25, 0.3) is 0 Å². The maximum atomic E-state index is 14.2. The van der Waals surface area contributed by atoms with Crippen LogP contribution < -0.4 is 0 Å². The summed E-state index contributed by atoms with van der Waals surface area (Å²) >= 11 is 0. The molecule has 1 heterocycles. The average Bonchev–Trinajstić information content (AvgIpc) is 2.32. The van der Waals surface area contributed by atoms with Crippen molar-refractivity contribution in [1.29, 1.82) is 0 Å². The minimum Gasteiger partial charge on any atom is -0.469 e. The van der Waals surface area contributed by atoms with E-state index in [1.165, 1.54) is 13.2 Å². The van der Waals surface area contributed by atoms with Crippen molar-refractivity contribution in [3.05, 3.63) is 35.6 Å². The summed E-state index contributed by atoms with van der Waals surface area (Å²) in [6, 6.07) is 6.68. The fraction of sp³-hybridized carbons (Fsp3) is 0.533. The second-order valence-electron chi connectivity index (χ2n) is 5.48. The molecule has 19 heavy (non-hydrogen) atoms. The van der Waals surface area contributed by atoms with Gasteiger partial charge in [0.2, 0.25) is 0 Å². The first-order chi connectivity index (χ1) is 9.16. The van der Waals surface area contributed by atoms with Gasteiger partial charge in [-0.1, -0.05) is 24.6 Å². The van der Waals surface area contributed by atoms with Crippen molar-refractivity contribution in [2.45, 2.75) is 24.7 Å². The maximum absolute atomic E-state index is 14.2. The summed E-state index contributed by atoms with van der Waals surface area (Å²) in [6.07, 6.45) is 2.47. The lowest BCUT2D eigenvalue weighted by Crippen LogP contribution is -2.65. The summed E-state index contributed by atoms with van der Waals surface area (Å²) in [7, 11) is 1.40. The van der Waals surface area contributed by atoms with Crippen LogP contribution >= 0.6 is 0 Å². The van der Waals surface area contributed by atoms with Gasteiger partial charge in [0, 0.05) is 0 Å². The topological polar surface area (TPSA) is 35.5 Å². The first-order valence-corrected chi connectivity index (χ1v) is 6.57. The van der Waals surface area contributed by atoms with Gasteiger partial charge < -0.3 is 9.47 Å². The van der Waals surface area contributed by atoms with Crippen molar-refractivity contribution in [1.82, 2.24) is 0 Å². The molecule has 0 aromatic heterocycles. The molecule has 1 saturated carbocycles. The van der Waals surface area contributed by atoms with Crippen LogP contribution in [0.25, 0.3) is 0 Å². The number of benzene rings is 1. The Bertz CT molecular complexity index is 504. The Kier molecular flexibility index (Phi) is 2.86. The molecule has 1 aliphatic carbocycles. The van der Waals surface area contributed by atoms with Crippen LogP contribution in [0.15, 0.2) is 24.3 Å². The van der Waals surface area contributed by atoms with E-state index in [0.29, 0.717) is 18.8 Å². The number of carbonyl (C=O) groups is 1. The molecule has 0 unspecified atom stereocenters. The molecule has 2 fully saturated rings. The predicted octanol–water partition coefficient (Wildman–Crippen LogP) is 2.44. The third-order valence-electron chi connectivity index (χ3n) is 4.79. The van der Waals surface area contributed by atoms with E-state index in [-0.39, 0.29) is 11.8 Å². The number of methoxy groups -OCH3 is 1. The van der Waals surface area contributed by atoms with E-state index in [2.05, 4.69) is 0 Å². The number of hydrogen-bond donors (Lipinski definition) is 0. The quantitative estimate of drug-likeness (QED) is 0.787. The second-order valence-corrected chi connectivity index (χ2v) is 5.48. The van der Waals surface area contributed by atoms with Crippen LogP contribution in [0.2, 0.25) is 0 Å². The Balaban J connectivity index is 2.09. The zero-order valence-corrected chi connectivity index (χ0v) is 10.9. The van der Waals surface area contributed by atoms with Crippen LogP contribution in [0, 0.1) is 11.2 Å². The molecule has 2 aliphatic rings. The summed E-state index contributed by atoms with van der Waals surface area (Å²) in [5.74, 6) is -0.494. The lowest BCUT2D eigenvalue weighted by molar-refractivity contribution is -0.195. The molecule has 0 spiro atoms. The Morgan fingerprint density at radius 1 is 1.32 bits per heavy atom. The predicted molar refractivity (Wildman–Crippen MR) is 67.2 cm³/mol. The smallest absolute Gasteiger partial charge is 0.312 e. The first kappa shape index (κ1) is 12.6. The van der Waals surface area contributed by atoms with Crippen LogP contribution in [-0.4, -0.2) is 26.3 Å². The zero-order chi connectivity index (χ0) is 13.5. The van der Waals surface area contributed by atoms with E-state index in [9.17, 15) is 9.18 Å². The average molecular weight is 264 g/mol. The van der Waals surface area contributed by atoms with Gasteiger partial charge >= 0.3 is 5.97 Å². The Hall–Kier alpha value is -1.42. The molecule has 0 atom stereocenters. The minimum atomic E-state index is -0.609.